The predicted octanol–water partition coefficient (Wildman–Crippen LogP) is 0.307. The molecule has 0 radical (unpaired) electrons. The molecule has 1 aromatic rings. The molecule has 1 atom stereocenters. The van der Waals surface area contributed by atoms with Crippen LogP contribution in [-0.4, -0.2) is 24.5 Å². The van der Waals surface area contributed by atoms with Gasteiger partial charge in [-0.1, -0.05) is 18.2 Å². The van der Waals surface area contributed by atoms with Gasteiger partial charge in [0.25, 0.3) is 5.91 Å². The second kappa shape index (κ2) is 4.00. The van der Waals surface area contributed by atoms with E-state index >= 15 is 0 Å². The van der Waals surface area contributed by atoms with Crippen LogP contribution in [0.1, 0.15) is 0 Å². The van der Waals surface area contributed by atoms with E-state index in [0.29, 0.717) is 6.54 Å². The monoisotopic (exact) mass is 205 g/mol. The molecule has 15 heavy (non-hydrogen) atoms. The maximum atomic E-state index is 11.4. The van der Waals surface area contributed by atoms with Crippen molar-refractivity contribution in [1.82, 2.24) is 10.6 Å². The van der Waals surface area contributed by atoms with E-state index in [1.54, 1.807) is 0 Å². The number of carbonyl (C=O) groups excluding carboxylic acids is 2. The lowest BCUT2D eigenvalue weighted by Crippen LogP contribution is -2.57. The van der Waals surface area contributed by atoms with Gasteiger partial charge in [0.15, 0.2) is 0 Å². The van der Waals surface area contributed by atoms with Crippen molar-refractivity contribution in [2.45, 2.75) is 6.04 Å². The fourth-order valence-corrected chi connectivity index (χ4v) is 1.38. The molecule has 1 aliphatic rings. The minimum absolute atomic E-state index is 0.303. The summed E-state index contributed by atoms with van der Waals surface area (Å²) in [4.78, 5) is 22.2. The van der Waals surface area contributed by atoms with E-state index in [0.717, 1.165) is 5.69 Å². The average molecular weight is 205 g/mol. The third-order valence-corrected chi connectivity index (χ3v) is 2.13. The van der Waals surface area contributed by atoms with Gasteiger partial charge in [0, 0.05) is 12.2 Å². The molecule has 0 bridgehead atoms. The number of anilines is 1. The Kier molecular flexibility index (Phi) is 2.53. The molecule has 78 valence electrons. The Bertz CT molecular complexity index is 378. The molecule has 0 aromatic heterocycles. The van der Waals surface area contributed by atoms with Crippen LogP contribution in [0.15, 0.2) is 30.3 Å². The Morgan fingerprint density at radius 2 is 1.93 bits per heavy atom. The highest BCUT2D eigenvalue weighted by Crippen LogP contribution is 2.07. The van der Waals surface area contributed by atoms with Gasteiger partial charge >= 0.3 is 6.03 Å². The summed E-state index contributed by atoms with van der Waals surface area (Å²) in [6.45, 7) is 0.305. The third kappa shape index (κ3) is 2.25. The molecule has 1 fully saturated rings. The number of rotatable bonds is 2. The van der Waals surface area contributed by atoms with Crippen LogP contribution in [0.5, 0.6) is 0 Å². The number of urea groups is 1. The molecule has 1 saturated heterocycles. The van der Waals surface area contributed by atoms with Crippen LogP contribution in [0.4, 0.5) is 10.5 Å². The highest BCUT2D eigenvalue weighted by atomic mass is 16.2. The molecule has 1 aliphatic heterocycles. The van der Waals surface area contributed by atoms with Crippen molar-refractivity contribution in [2.75, 3.05) is 11.9 Å². The lowest BCUT2D eigenvalue weighted by Gasteiger charge is -2.23. The number of carbonyl (C=O) groups is 2. The first kappa shape index (κ1) is 9.51. The van der Waals surface area contributed by atoms with Gasteiger partial charge in [-0.3, -0.25) is 10.1 Å². The van der Waals surface area contributed by atoms with Crippen LogP contribution >= 0.6 is 0 Å². The van der Waals surface area contributed by atoms with Crippen LogP contribution in [0.3, 0.4) is 0 Å². The zero-order valence-corrected chi connectivity index (χ0v) is 7.99. The van der Waals surface area contributed by atoms with Crippen molar-refractivity contribution in [3.63, 3.8) is 0 Å². The van der Waals surface area contributed by atoms with Gasteiger partial charge in [0.2, 0.25) is 0 Å². The molecular formula is C10H11N3O2. The second-order valence-electron chi connectivity index (χ2n) is 3.26. The topological polar surface area (TPSA) is 70.2 Å². The summed E-state index contributed by atoms with van der Waals surface area (Å²) in [6, 6.07) is 8.53. The number of nitrogens with one attached hydrogen (secondary N) is 3. The van der Waals surface area contributed by atoms with Crippen LogP contribution in [0.25, 0.3) is 0 Å². The van der Waals surface area contributed by atoms with Crippen LogP contribution in [0.2, 0.25) is 0 Å². The average Bonchev–Trinajstić information content (AvgIpc) is 2.24. The zero-order chi connectivity index (χ0) is 10.7. The molecule has 5 heteroatoms. The quantitative estimate of drug-likeness (QED) is 0.650. The van der Waals surface area contributed by atoms with E-state index in [9.17, 15) is 9.59 Å². The Hall–Kier alpha value is -2.04. The molecule has 0 saturated carbocycles. The van der Waals surface area contributed by atoms with E-state index in [1.807, 2.05) is 30.3 Å². The highest BCUT2D eigenvalue weighted by molar-refractivity contribution is 6.00. The van der Waals surface area contributed by atoms with E-state index in [1.165, 1.54) is 0 Å². The van der Waals surface area contributed by atoms with Gasteiger partial charge in [-0.05, 0) is 12.1 Å². The number of para-hydroxylation sites is 1. The number of benzene rings is 1. The van der Waals surface area contributed by atoms with Crippen LogP contribution in [-0.2, 0) is 4.79 Å². The van der Waals surface area contributed by atoms with Crippen molar-refractivity contribution in [3.8, 4) is 0 Å². The number of amides is 3. The van der Waals surface area contributed by atoms with Gasteiger partial charge in [0.1, 0.15) is 6.04 Å². The summed E-state index contributed by atoms with van der Waals surface area (Å²) in [5, 5.41) is 7.77. The SMILES string of the molecule is O=C1NC[C@@H](Nc2ccccc2)C(=O)N1. The Balaban J connectivity index is 2.01. The first-order valence-corrected chi connectivity index (χ1v) is 4.66. The van der Waals surface area contributed by atoms with Crippen LogP contribution in [0, 0.1) is 0 Å². The third-order valence-electron chi connectivity index (χ3n) is 2.13. The predicted molar refractivity (Wildman–Crippen MR) is 55.4 cm³/mol. The van der Waals surface area contributed by atoms with Crippen molar-refractivity contribution in [1.29, 1.82) is 0 Å². The second-order valence-corrected chi connectivity index (χ2v) is 3.26. The van der Waals surface area contributed by atoms with Gasteiger partial charge in [-0.25, -0.2) is 4.79 Å². The van der Waals surface area contributed by atoms with Gasteiger partial charge < -0.3 is 10.6 Å². The molecule has 2 rings (SSSR count). The molecule has 0 aliphatic carbocycles. The largest absolute Gasteiger partial charge is 0.372 e. The number of hydrogen-bond acceptors (Lipinski definition) is 3. The summed E-state index contributed by atoms with van der Waals surface area (Å²) in [6.07, 6.45) is 0. The maximum absolute atomic E-state index is 11.4. The molecular weight excluding hydrogens is 194 g/mol. The molecule has 3 N–H and O–H groups in total. The molecule has 0 unspecified atom stereocenters. The van der Waals surface area contributed by atoms with Crippen molar-refractivity contribution >= 4 is 17.6 Å². The summed E-state index contributed by atoms with van der Waals surface area (Å²) in [5.74, 6) is -0.303. The summed E-state index contributed by atoms with van der Waals surface area (Å²) >= 11 is 0. The van der Waals surface area contributed by atoms with Gasteiger partial charge in [0.05, 0.1) is 0 Å². The van der Waals surface area contributed by atoms with E-state index in [4.69, 9.17) is 0 Å². The Morgan fingerprint density at radius 1 is 1.20 bits per heavy atom. The van der Waals surface area contributed by atoms with Gasteiger partial charge in [-0.15, -0.1) is 0 Å². The first-order chi connectivity index (χ1) is 7.25. The van der Waals surface area contributed by atoms with E-state index in [2.05, 4.69) is 16.0 Å². The first-order valence-electron chi connectivity index (χ1n) is 4.66. The van der Waals surface area contributed by atoms with Crippen molar-refractivity contribution in [3.05, 3.63) is 30.3 Å². The lowest BCUT2D eigenvalue weighted by atomic mass is 10.2. The minimum Gasteiger partial charge on any atom is -0.372 e. The highest BCUT2D eigenvalue weighted by Gasteiger charge is 2.25. The number of hydrogen-bond donors (Lipinski definition) is 3. The maximum Gasteiger partial charge on any atom is 0.321 e. The molecule has 3 amide bonds. The smallest absolute Gasteiger partial charge is 0.321 e. The summed E-state index contributed by atoms with van der Waals surface area (Å²) in [5.41, 5.74) is 0.855. The van der Waals surface area contributed by atoms with E-state index < -0.39 is 12.1 Å². The fourth-order valence-electron chi connectivity index (χ4n) is 1.38. The zero-order valence-electron chi connectivity index (χ0n) is 7.99. The lowest BCUT2D eigenvalue weighted by molar-refractivity contribution is -0.121. The standard InChI is InChI=1S/C10H11N3O2/c14-9-8(6-11-10(15)13-9)12-7-4-2-1-3-5-7/h1-5,8,12H,6H2,(H2,11,13,14,15)/t8-/m1/s1. The summed E-state index contributed by atoms with van der Waals surface area (Å²) in [7, 11) is 0. The van der Waals surface area contributed by atoms with Crippen LogP contribution < -0.4 is 16.0 Å². The fraction of sp³-hybridized carbons (Fsp3) is 0.200. The minimum atomic E-state index is -0.439. The molecule has 1 aromatic carbocycles. The molecule has 5 nitrogen and oxygen atoms in total. The normalized spacial score (nSPS) is 20.4. The Labute approximate surface area is 86.9 Å². The van der Waals surface area contributed by atoms with Crippen molar-refractivity contribution < 1.29 is 9.59 Å². The van der Waals surface area contributed by atoms with Crippen molar-refractivity contribution in [2.24, 2.45) is 0 Å². The summed E-state index contributed by atoms with van der Waals surface area (Å²) < 4.78 is 0. The molecule has 1 heterocycles. The number of imide groups is 1. The van der Waals surface area contributed by atoms with Gasteiger partial charge in [-0.2, -0.15) is 0 Å². The Morgan fingerprint density at radius 3 is 2.60 bits per heavy atom. The van der Waals surface area contributed by atoms with E-state index in [-0.39, 0.29) is 5.91 Å². The molecule has 0 spiro atoms.